The second kappa shape index (κ2) is 7.05. The molecule has 2 fully saturated rings. The molecule has 3 heteroatoms. The van der Waals surface area contributed by atoms with Crippen LogP contribution in [0.3, 0.4) is 0 Å². The van der Waals surface area contributed by atoms with Gasteiger partial charge in [-0.05, 0) is 71.8 Å². The molecule has 0 aromatic rings. The molecule has 1 saturated carbocycles. The number of hydrogen-bond donors (Lipinski definition) is 1. The number of nitrogens with zero attached hydrogens (tertiary/aromatic N) is 2. The normalized spacial score (nSPS) is 25.9. The van der Waals surface area contributed by atoms with Gasteiger partial charge in [-0.3, -0.25) is 0 Å². The van der Waals surface area contributed by atoms with E-state index < -0.39 is 0 Å². The van der Waals surface area contributed by atoms with E-state index in [1.165, 1.54) is 77.5 Å². The molecule has 1 heterocycles. The van der Waals surface area contributed by atoms with Crippen LogP contribution >= 0.6 is 0 Å². The SMILES string of the molecule is CN1CCC(CN(C)CCC2(N)CCCCC2)CC1. The molecule has 3 nitrogen and oxygen atoms in total. The van der Waals surface area contributed by atoms with Gasteiger partial charge in [0.1, 0.15) is 0 Å². The summed E-state index contributed by atoms with van der Waals surface area (Å²) >= 11 is 0. The van der Waals surface area contributed by atoms with Crippen LogP contribution in [0.25, 0.3) is 0 Å². The zero-order valence-electron chi connectivity index (χ0n) is 13.0. The van der Waals surface area contributed by atoms with Gasteiger partial charge in [-0.2, -0.15) is 0 Å². The van der Waals surface area contributed by atoms with E-state index >= 15 is 0 Å². The lowest BCUT2D eigenvalue weighted by Gasteiger charge is -2.36. The van der Waals surface area contributed by atoms with Gasteiger partial charge in [0.25, 0.3) is 0 Å². The number of nitrogens with two attached hydrogens (primary N) is 1. The van der Waals surface area contributed by atoms with Crippen molar-refractivity contribution in [3.63, 3.8) is 0 Å². The number of piperidine rings is 1. The molecular weight excluding hydrogens is 234 g/mol. The standard InChI is InChI=1S/C16H33N3/c1-18-11-6-15(7-12-18)14-19(2)13-10-16(17)8-4-3-5-9-16/h15H,3-14,17H2,1-2H3. The highest BCUT2D eigenvalue weighted by atomic mass is 15.1. The van der Waals surface area contributed by atoms with Crippen molar-refractivity contribution in [1.82, 2.24) is 9.80 Å². The van der Waals surface area contributed by atoms with Gasteiger partial charge >= 0.3 is 0 Å². The van der Waals surface area contributed by atoms with Crippen molar-refractivity contribution in [2.24, 2.45) is 11.7 Å². The van der Waals surface area contributed by atoms with E-state index in [-0.39, 0.29) is 5.54 Å². The minimum Gasteiger partial charge on any atom is -0.325 e. The zero-order valence-corrected chi connectivity index (χ0v) is 13.0. The van der Waals surface area contributed by atoms with Crippen LogP contribution in [0, 0.1) is 5.92 Å². The van der Waals surface area contributed by atoms with Gasteiger partial charge in [0.05, 0.1) is 0 Å². The molecule has 0 radical (unpaired) electrons. The van der Waals surface area contributed by atoms with Crippen molar-refractivity contribution in [3.05, 3.63) is 0 Å². The van der Waals surface area contributed by atoms with Gasteiger partial charge in [-0.25, -0.2) is 0 Å². The van der Waals surface area contributed by atoms with Crippen LogP contribution in [0.5, 0.6) is 0 Å². The molecule has 0 spiro atoms. The first-order valence-electron chi connectivity index (χ1n) is 8.23. The highest BCUT2D eigenvalue weighted by molar-refractivity contribution is 4.88. The van der Waals surface area contributed by atoms with Crippen molar-refractivity contribution >= 4 is 0 Å². The molecule has 0 bridgehead atoms. The van der Waals surface area contributed by atoms with E-state index in [0.717, 1.165) is 5.92 Å². The van der Waals surface area contributed by atoms with E-state index in [4.69, 9.17) is 5.73 Å². The fraction of sp³-hybridized carbons (Fsp3) is 1.00. The first-order valence-corrected chi connectivity index (χ1v) is 8.23. The second-order valence-electron chi connectivity index (χ2n) is 7.18. The van der Waals surface area contributed by atoms with Gasteiger partial charge in [0.2, 0.25) is 0 Å². The van der Waals surface area contributed by atoms with E-state index in [1.807, 2.05) is 0 Å². The third-order valence-corrected chi connectivity index (χ3v) is 5.25. The summed E-state index contributed by atoms with van der Waals surface area (Å²) in [6.45, 7) is 5.01. The third kappa shape index (κ3) is 5.05. The van der Waals surface area contributed by atoms with Crippen LogP contribution in [-0.2, 0) is 0 Å². The third-order valence-electron chi connectivity index (χ3n) is 5.25. The first-order chi connectivity index (χ1) is 9.07. The number of rotatable bonds is 5. The molecule has 112 valence electrons. The van der Waals surface area contributed by atoms with Gasteiger partial charge < -0.3 is 15.5 Å². The highest BCUT2D eigenvalue weighted by Gasteiger charge is 2.27. The van der Waals surface area contributed by atoms with Crippen molar-refractivity contribution in [2.45, 2.75) is 56.9 Å². The van der Waals surface area contributed by atoms with Crippen LogP contribution in [-0.4, -0.2) is 55.6 Å². The topological polar surface area (TPSA) is 32.5 Å². The van der Waals surface area contributed by atoms with Crippen molar-refractivity contribution < 1.29 is 0 Å². The quantitative estimate of drug-likeness (QED) is 0.830. The van der Waals surface area contributed by atoms with E-state index in [1.54, 1.807) is 0 Å². The Kier molecular flexibility index (Phi) is 5.67. The van der Waals surface area contributed by atoms with E-state index in [0.29, 0.717) is 0 Å². The molecule has 0 aromatic carbocycles. The van der Waals surface area contributed by atoms with E-state index in [9.17, 15) is 0 Å². The van der Waals surface area contributed by atoms with Crippen molar-refractivity contribution in [3.8, 4) is 0 Å². The Hall–Kier alpha value is -0.120. The summed E-state index contributed by atoms with van der Waals surface area (Å²) in [6.07, 6.45) is 10.5. The lowest BCUT2D eigenvalue weighted by molar-refractivity contribution is 0.163. The highest BCUT2D eigenvalue weighted by Crippen LogP contribution is 2.28. The molecule has 1 aliphatic carbocycles. The maximum absolute atomic E-state index is 6.53. The molecule has 2 N–H and O–H groups in total. The summed E-state index contributed by atoms with van der Waals surface area (Å²) < 4.78 is 0. The summed E-state index contributed by atoms with van der Waals surface area (Å²) in [6, 6.07) is 0. The lowest BCUT2D eigenvalue weighted by atomic mass is 9.80. The molecule has 1 aliphatic heterocycles. The molecule has 2 aliphatic rings. The predicted octanol–water partition coefficient (Wildman–Crippen LogP) is 2.31. The molecule has 2 rings (SSSR count). The van der Waals surface area contributed by atoms with Gasteiger partial charge in [0.15, 0.2) is 0 Å². The average Bonchev–Trinajstić information content (AvgIpc) is 2.40. The lowest BCUT2D eigenvalue weighted by Crippen LogP contribution is -2.45. The van der Waals surface area contributed by atoms with Crippen LogP contribution in [0.2, 0.25) is 0 Å². The van der Waals surface area contributed by atoms with Crippen LogP contribution in [0.15, 0.2) is 0 Å². The fourth-order valence-electron chi connectivity index (χ4n) is 3.70. The smallest absolute Gasteiger partial charge is 0.0166 e. The van der Waals surface area contributed by atoms with Crippen molar-refractivity contribution in [2.75, 3.05) is 40.3 Å². The predicted molar refractivity (Wildman–Crippen MR) is 82.3 cm³/mol. The molecule has 0 unspecified atom stereocenters. The maximum atomic E-state index is 6.53. The Balaban J connectivity index is 1.65. The first kappa shape index (κ1) is 15.3. The Morgan fingerprint density at radius 1 is 1.16 bits per heavy atom. The van der Waals surface area contributed by atoms with Gasteiger partial charge in [0, 0.05) is 12.1 Å². The Labute approximate surface area is 119 Å². The fourth-order valence-corrected chi connectivity index (χ4v) is 3.70. The molecule has 19 heavy (non-hydrogen) atoms. The summed E-state index contributed by atoms with van der Waals surface area (Å²) in [5, 5.41) is 0. The summed E-state index contributed by atoms with van der Waals surface area (Å²) in [7, 11) is 4.52. The van der Waals surface area contributed by atoms with Crippen LogP contribution < -0.4 is 5.73 Å². The maximum Gasteiger partial charge on any atom is 0.0166 e. The monoisotopic (exact) mass is 267 g/mol. The largest absolute Gasteiger partial charge is 0.325 e. The molecule has 1 saturated heterocycles. The summed E-state index contributed by atoms with van der Waals surface area (Å²) in [5.74, 6) is 0.904. The number of likely N-dealkylation sites (tertiary alicyclic amines) is 1. The van der Waals surface area contributed by atoms with Gasteiger partial charge in [-0.1, -0.05) is 19.3 Å². The molecular formula is C16H33N3. The Bertz CT molecular complexity index is 253. The van der Waals surface area contributed by atoms with Crippen molar-refractivity contribution in [1.29, 1.82) is 0 Å². The molecule has 0 amide bonds. The van der Waals surface area contributed by atoms with Crippen LogP contribution in [0.1, 0.15) is 51.4 Å². The Morgan fingerprint density at radius 2 is 1.79 bits per heavy atom. The minimum atomic E-state index is 0.152. The average molecular weight is 267 g/mol. The zero-order chi connectivity index (χ0) is 13.7. The summed E-state index contributed by atoms with van der Waals surface area (Å²) in [4.78, 5) is 4.98. The second-order valence-corrected chi connectivity index (χ2v) is 7.18. The number of hydrogen-bond acceptors (Lipinski definition) is 3. The molecule has 0 aromatic heterocycles. The van der Waals surface area contributed by atoms with Gasteiger partial charge in [-0.15, -0.1) is 0 Å². The Morgan fingerprint density at radius 3 is 2.42 bits per heavy atom. The van der Waals surface area contributed by atoms with Crippen LogP contribution in [0.4, 0.5) is 0 Å². The minimum absolute atomic E-state index is 0.152. The van der Waals surface area contributed by atoms with E-state index in [2.05, 4.69) is 23.9 Å². The summed E-state index contributed by atoms with van der Waals surface area (Å²) in [5.41, 5.74) is 6.68. The molecule has 0 atom stereocenters.